The van der Waals surface area contributed by atoms with Crippen molar-refractivity contribution in [2.75, 3.05) is 13.1 Å². The summed E-state index contributed by atoms with van der Waals surface area (Å²) in [5, 5.41) is 18.5. The van der Waals surface area contributed by atoms with Crippen LogP contribution in [0.5, 0.6) is 0 Å². The van der Waals surface area contributed by atoms with E-state index in [4.69, 9.17) is 5.11 Å². The Morgan fingerprint density at radius 3 is 2.42 bits per heavy atom. The van der Waals surface area contributed by atoms with Crippen LogP contribution in [0.4, 0.5) is 4.79 Å². The molecule has 2 heterocycles. The van der Waals surface area contributed by atoms with Gasteiger partial charge >= 0.3 is 12.1 Å². The number of aliphatic carboxylic acids is 1. The number of carboxylic acids is 1. The predicted octanol–water partition coefficient (Wildman–Crippen LogP) is 1.49. The fraction of sp³-hybridized carbons (Fsp3) is 0.462. The number of pyridine rings is 1. The Hall–Kier alpha value is -2.11. The number of rotatable bonds is 2. The number of piperidine rings is 1. The molecule has 102 valence electrons. The molecule has 19 heavy (non-hydrogen) atoms. The molecule has 0 aliphatic carbocycles. The first-order valence-corrected chi connectivity index (χ1v) is 6.11. The van der Waals surface area contributed by atoms with Crippen molar-refractivity contribution >= 4 is 12.1 Å². The molecule has 0 aromatic carbocycles. The Bertz CT molecular complexity index is 507. The molecule has 0 saturated carbocycles. The van der Waals surface area contributed by atoms with E-state index in [0.29, 0.717) is 11.3 Å². The molecule has 0 unspecified atom stereocenters. The molecular weight excluding hydrogens is 248 g/mol. The van der Waals surface area contributed by atoms with E-state index in [1.807, 2.05) is 0 Å². The molecule has 0 bridgehead atoms. The minimum absolute atomic E-state index is 0.232. The van der Waals surface area contributed by atoms with E-state index in [0.717, 1.165) is 0 Å². The van der Waals surface area contributed by atoms with E-state index >= 15 is 0 Å². The fourth-order valence-electron chi connectivity index (χ4n) is 2.67. The number of carbonyl (C=O) groups is 2. The van der Waals surface area contributed by atoms with Gasteiger partial charge < -0.3 is 15.1 Å². The van der Waals surface area contributed by atoms with Crippen LogP contribution in [0.3, 0.4) is 0 Å². The van der Waals surface area contributed by atoms with Crippen LogP contribution in [0.25, 0.3) is 0 Å². The van der Waals surface area contributed by atoms with Crippen LogP contribution in [0.15, 0.2) is 18.3 Å². The molecule has 6 nitrogen and oxygen atoms in total. The lowest BCUT2D eigenvalue weighted by atomic mass is 9.72. The normalized spacial score (nSPS) is 18.1. The molecule has 1 aromatic heterocycles. The van der Waals surface area contributed by atoms with Gasteiger partial charge in [0.15, 0.2) is 0 Å². The molecule has 1 amide bonds. The summed E-state index contributed by atoms with van der Waals surface area (Å²) >= 11 is 0. The molecule has 1 aromatic rings. The Morgan fingerprint density at radius 1 is 1.32 bits per heavy atom. The Morgan fingerprint density at radius 2 is 1.95 bits per heavy atom. The van der Waals surface area contributed by atoms with Gasteiger partial charge in [0.25, 0.3) is 0 Å². The highest BCUT2D eigenvalue weighted by atomic mass is 16.4. The van der Waals surface area contributed by atoms with Gasteiger partial charge in [-0.15, -0.1) is 0 Å². The van der Waals surface area contributed by atoms with E-state index < -0.39 is 17.5 Å². The van der Waals surface area contributed by atoms with Crippen LogP contribution in [0, 0.1) is 6.92 Å². The van der Waals surface area contributed by atoms with Gasteiger partial charge in [-0.2, -0.15) is 0 Å². The van der Waals surface area contributed by atoms with Gasteiger partial charge in [0.2, 0.25) is 0 Å². The largest absolute Gasteiger partial charge is 0.481 e. The third kappa shape index (κ3) is 2.25. The van der Waals surface area contributed by atoms with Crippen molar-refractivity contribution in [3.8, 4) is 0 Å². The highest BCUT2D eigenvalue weighted by molar-refractivity contribution is 5.82. The van der Waals surface area contributed by atoms with Gasteiger partial charge in [0.05, 0.1) is 5.41 Å². The molecule has 1 saturated heterocycles. The Balaban J connectivity index is 2.35. The summed E-state index contributed by atoms with van der Waals surface area (Å²) < 4.78 is 0. The van der Waals surface area contributed by atoms with Gasteiger partial charge in [-0.3, -0.25) is 9.78 Å². The second-order valence-corrected chi connectivity index (χ2v) is 4.79. The minimum atomic E-state index is -1.02. The summed E-state index contributed by atoms with van der Waals surface area (Å²) in [7, 11) is 0. The first kappa shape index (κ1) is 13.3. The van der Waals surface area contributed by atoms with Crippen molar-refractivity contribution in [3.05, 3.63) is 29.6 Å². The lowest BCUT2D eigenvalue weighted by Crippen LogP contribution is -2.49. The SMILES string of the molecule is Cc1ncccc1C1(C(=O)O)CCN(C(=O)O)CC1. The molecule has 0 atom stereocenters. The van der Waals surface area contributed by atoms with Crippen molar-refractivity contribution < 1.29 is 19.8 Å². The third-order valence-electron chi connectivity index (χ3n) is 3.82. The van der Waals surface area contributed by atoms with E-state index in [2.05, 4.69) is 4.98 Å². The third-order valence-corrected chi connectivity index (χ3v) is 3.82. The van der Waals surface area contributed by atoms with Gasteiger partial charge in [-0.1, -0.05) is 6.07 Å². The average Bonchev–Trinajstić information content (AvgIpc) is 2.39. The summed E-state index contributed by atoms with van der Waals surface area (Å²) in [6.45, 7) is 2.25. The zero-order valence-corrected chi connectivity index (χ0v) is 10.7. The zero-order chi connectivity index (χ0) is 14.0. The number of aromatic nitrogens is 1. The second kappa shape index (κ2) is 4.87. The smallest absolute Gasteiger partial charge is 0.407 e. The standard InChI is InChI=1S/C13H16N2O4/c1-9-10(3-2-6-14-9)13(11(16)17)4-7-15(8-5-13)12(18)19/h2-3,6H,4-5,7-8H2,1H3,(H,16,17)(H,18,19). The van der Waals surface area contributed by atoms with Crippen LogP contribution in [-0.2, 0) is 10.2 Å². The Kier molecular flexibility index (Phi) is 3.42. The van der Waals surface area contributed by atoms with E-state index in [1.165, 1.54) is 4.90 Å². The summed E-state index contributed by atoms with van der Waals surface area (Å²) in [4.78, 5) is 28.0. The lowest BCUT2D eigenvalue weighted by Gasteiger charge is -2.38. The number of hydrogen-bond donors (Lipinski definition) is 2. The summed E-state index contributed by atoms with van der Waals surface area (Å²) in [5.74, 6) is -0.909. The quantitative estimate of drug-likeness (QED) is 0.844. The van der Waals surface area contributed by atoms with Gasteiger partial charge in [0.1, 0.15) is 0 Å². The molecule has 6 heteroatoms. The molecule has 0 spiro atoms. The molecular formula is C13H16N2O4. The molecule has 2 N–H and O–H groups in total. The lowest BCUT2D eigenvalue weighted by molar-refractivity contribution is -0.145. The number of hydrogen-bond acceptors (Lipinski definition) is 3. The van der Waals surface area contributed by atoms with Gasteiger partial charge in [0, 0.05) is 25.0 Å². The van der Waals surface area contributed by atoms with Crippen molar-refractivity contribution in [1.82, 2.24) is 9.88 Å². The molecule has 1 aliphatic rings. The second-order valence-electron chi connectivity index (χ2n) is 4.79. The number of likely N-dealkylation sites (tertiary alicyclic amines) is 1. The highest BCUT2D eigenvalue weighted by Gasteiger charge is 2.45. The van der Waals surface area contributed by atoms with Gasteiger partial charge in [-0.05, 0) is 31.4 Å². The maximum atomic E-state index is 11.7. The van der Waals surface area contributed by atoms with Crippen LogP contribution >= 0.6 is 0 Å². The van der Waals surface area contributed by atoms with Crippen molar-refractivity contribution in [2.45, 2.75) is 25.2 Å². The summed E-state index contributed by atoms with van der Waals surface area (Å²) in [6, 6.07) is 3.49. The summed E-state index contributed by atoms with van der Waals surface area (Å²) in [6.07, 6.45) is 1.19. The van der Waals surface area contributed by atoms with Crippen molar-refractivity contribution in [3.63, 3.8) is 0 Å². The average molecular weight is 264 g/mol. The van der Waals surface area contributed by atoms with E-state index in [9.17, 15) is 14.7 Å². The zero-order valence-electron chi connectivity index (χ0n) is 10.7. The number of carboxylic acid groups (broad SMARTS) is 2. The summed E-state index contributed by atoms with van der Waals surface area (Å²) in [5.41, 5.74) is 0.353. The number of amides is 1. The monoisotopic (exact) mass is 264 g/mol. The molecule has 1 fully saturated rings. The van der Waals surface area contributed by atoms with E-state index in [-0.39, 0.29) is 25.9 Å². The molecule has 1 aliphatic heterocycles. The van der Waals surface area contributed by atoms with Crippen LogP contribution in [0.2, 0.25) is 0 Å². The maximum absolute atomic E-state index is 11.7. The van der Waals surface area contributed by atoms with Crippen molar-refractivity contribution in [1.29, 1.82) is 0 Å². The fourth-order valence-corrected chi connectivity index (χ4v) is 2.67. The molecule has 0 radical (unpaired) electrons. The topological polar surface area (TPSA) is 90.7 Å². The number of aryl methyl sites for hydroxylation is 1. The van der Waals surface area contributed by atoms with Crippen molar-refractivity contribution in [2.24, 2.45) is 0 Å². The van der Waals surface area contributed by atoms with Crippen LogP contribution in [-0.4, -0.2) is 45.2 Å². The minimum Gasteiger partial charge on any atom is -0.481 e. The van der Waals surface area contributed by atoms with Crippen LogP contribution in [0.1, 0.15) is 24.1 Å². The van der Waals surface area contributed by atoms with E-state index in [1.54, 1.807) is 25.3 Å². The van der Waals surface area contributed by atoms with Gasteiger partial charge in [-0.25, -0.2) is 4.79 Å². The highest BCUT2D eigenvalue weighted by Crippen LogP contribution is 2.37. The van der Waals surface area contributed by atoms with Crippen LogP contribution < -0.4 is 0 Å². The maximum Gasteiger partial charge on any atom is 0.407 e. The Labute approximate surface area is 110 Å². The first-order chi connectivity index (χ1) is 8.97. The first-order valence-electron chi connectivity index (χ1n) is 6.11. The molecule has 2 rings (SSSR count). The number of nitrogens with zero attached hydrogens (tertiary/aromatic N) is 2. The predicted molar refractivity (Wildman–Crippen MR) is 67.1 cm³/mol.